The van der Waals surface area contributed by atoms with Gasteiger partial charge in [0, 0.05) is 5.56 Å². The number of carbonyl (C=O) groups is 1. The first-order valence-corrected chi connectivity index (χ1v) is 7.51. The summed E-state index contributed by atoms with van der Waals surface area (Å²) in [6, 6.07) is 13.7. The maximum atomic E-state index is 13.0. The lowest BCUT2D eigenvalue weighted by molar-refractivity contribution is -0.709. The van der Waals surface area contributed by atoms with Crippen molar-refractivity contribution in [3.8, 4) is 0 Å². The van der Waals surface area contributed by atoms with Gasteiger partial charge in [0.15, 0.2) is 6.04 Å². The van der Waals surface area contributed by atoms with Gasteiger partial charge >= 0.3 is 0 Å². The zero-order valence-electron chi connectivity index (χ0n) is 12.5. The van der Waals surface area contributed by atoms with Gasteiger partial charge < -0.3 is 10.6 Å². The third-order valence-electron chi connectivity index (χ3n) is 3.51. The van der Waals surface area contributed by atoms with E-state index in [9.17, 15) is 9.18 Å². The number of rotatable bonds is 5. The van der Waals surface area contributed by atoms with Crippen molar-refractivity contribution < 1.29 is 14.5 Å². The predicted octanol–water partition coefficient (Wildman–Crippen LogP) is 3.13. The molecule has 0 saturated carbocycles. The molecule has 0 aliphatic rings. The van der Waals surface area contributed by atoms with E-state index in [1.807, 2.05) is 49.5 Å². The summed E-state index contributed by atoms with van der Waals surface area (Å²) in [7, 11) is 0. The maximum absolute atomic E-state index is 13.0. The number of quaternary nitrogens is 1. The van der Waals surface area contributed by atoms with E-state index in [0.29, 0.717) is 5.69 Å². The highest BCUT2D eigenvalue weighted by Crippen LogP contribution is 2.22. The molecule has 2 aromatic rings. The standard InChI is InChI=1S/C17H18ClFN2O/c1-11(13-6-4-3-5-7-13)20-12(2)17(22)21-16-9-8-14(19)10-15(16)18/h3-12,20H,1-2H3,(H,21,22)/p+1/t11-,12+/m0/s1. The number of hydrogen-bond acceptors (Lipinski definition) is 1. The summed E-state index contributed by atoms with van der Waals surface area (Å²) in [5.41, 5.74) is 1.57. The molecule has 0 spiro atoms. The second kappa shape index (κ2) is 7.38. The van der Waals surface area contributed by atoms with Gasteiger partial charge in [-0.25, -0.2) is 4.39 Å². The molecule has 0 radical (unpaired) electrons. The number of halogens is 2. The van der Waals surface area contributed by atoms with Crippen molar-refractivity contribution in [2.45, 2.75) is 25.9 Å². The third-order valence-corrected chi connectivity index (χ3v) is 3.82. The molecule has 2 aromatic carbocycles. The zero-order chi connectivity index (χ0) is 16.1. The van der Waals surface area contributed by atoms with Crippen LogP contribution in [-0.2, 0) is 4.79 Å². The molecule has 22 heavy (non-hydrogen) atoms. The zero-order valence-corrected chi connectivity index (χ0v) is 13.3. The number of carbonyl (C=O) groups excluding carboxylic acids is 1. The number of anilines is 1. The summed E-state index contributed by atoms with van der Waals surface area (Å²) >= 11 is 5.91. The average Bonchev–Trinajstić information content (AvgIpc) is 2.50. The molecule has 2 rings (SSSR count). The summed E-state index contributed by atoms with van der Waals surface area (Å²) in [6.45, 7) is 3.87. The van der Waals surface area contributed by atoms with Crippen LogP contribution in [0, 0.1) is 5.82 Å². The highest BCUT2D eigenvalue weighted by molar-refractivity contribution is 6.33. The van der Waals surface area contributed by atoms with E-state index < -0.39 is 5.82 Å². The summed E-state index contributed by atoms with van der Waals surface area (Å²) < 4.78 is 13.0. The molecule has 0 aliphatic carbocycles. The molecule has 3 nitrogen and oxygen atoms in total. The van der Waals surface area contributed by atoms with Crippen LogP contribution in [-0.4, -0.2) is 11.9 Å². The molecule has 0 heterocycles. The fourth-order valence-corrected chi connectivity index (χ4v) is 2.44. The highest BCUT2D eigenvalue weighted by atomic mass is 35.5. The summed E-state index contributed by atoms with van der Waals surface area (Å²) in [4.78, 5) is 12.2. The first-order valence-electron chi connectivity index (χ1n) is 7.13. The molecule has 2 atom stereocenters. The topological polar surface area (TPSA) is 45.7 Å². The van der Waals surface area contributed by atoms with Crippen LogP contribution in [0.5, 0.6) is 0 Å². The predicted molar refractivity (Wildman–Crippen MR) is 86.3 cm³/mol. The van der Waals surface area contributed by atoms with Crippen LogP contribution >= 0.6 is 11.6 Å². The van der Waals surface area contributed by atoms with Gasteiger partial charge in [-0.05, 0) is 32.0 Å². The van der Waals surface area contributed by atoms with Crippen molar-refractivity contribution in [2.75, 3.05) is 5.32 Å². The molecule has 116 valence electrons. The van der Waals surface area contributed by atoms with Gasteiger partial charge in [0.05, 0.1) is 10.7 Å². The minimum absolute atomic E-state index is 0.158. The lowest BCUT2D eigenvalue weighted by Gasteiger charge is -2.17. The largest absolute Gasteiger partial charge is 0.330 e. The maximum Gasteiger partial charge on any atom is 0.282 e. The number of nitrogens with two attached hydrogens (primary N) is 1. The van der Waals surface area contributed by atoms with Crippen molar-refractivity contribution in [3.63, 3.8) is 0 Å². The first-order chi connectivity index (χ1) is 10.5. The van der Waals surface area contributed by atoms with Gasteiger partial charge in [-0.1, -0.05) is 41.9 Å². The van der Waals surface area contributed by atoms with Crippen LogP contribution in [0.25, 0.3) is 0 Å². The molecule has 0 bridgehead atoms. The van der Waals surface area contributed by atoms with Crippen LogP contribution < -0.4 is 10.6 Å². The SMILES string of the molecule is C[C@H]([NH2+][C@H](C)C(=O)Nc1ccc(F)cc1Cl)c1ccccc1. The van der Waals surface area contributed by atoms with Gasteiger partial charge in [0.1, 0.15) is 11.9 Å². The Bertz CT molecular complexity index is 648. The van der Waals surface area contributed by atoms with Gasteiger partial charge in [-0.2, -0.15) is 0 Å². The number of nitrogens with one attached hydrogen (secondary N) is 1. The summed E-state index contributed by atoms with van der Waals surface area (Å²) in [5.74, 6) is -0.600. The van der Waals surface area contributed by atoms with Gasteiger partial charge in [-0.3, -0.25) is 4.79 Å². The Morgan fingerprint density at radius 1 is 1.18 bits per heavy atom. The van der Waals surface area contributed by atoms with E-state index in [1.165, 1.54) is 18.2 Å². The van der Waals surface area contributed by atoms with Crippen molar-refractivity contribution in [2.24, 2.45) is 0 Å². The molecular weight excluding hydrogens is 303 g/mol. The van der Waals surface area contributed by atoms with Crippen LogP contribution in [0.4, 0.5) is 10.1 Å². The Hall–Kier alpha value is -1.91. The molecule has 0 unspecified atom stereocenters. The quantitative estimate of drug-likeness (QED) is 0.873. The van der Waals surface area contributed by atoms with Crippen LogP contribution in [0.2, 0.25) is 5.02 Å². The number of hydrogen-bond donors (Lipinski definition) is 2. The molecule has 0 aliphatic heterocycles. The van der Waals surface area contributed by atoms with E-state index in [-0.39, 0.29) is 23.0 Å². The van der Waals surface area contributed by atoms with Gasteiger partial charge in [-0.15, -0.1) is 0 Å². The Balaban J connectivity index is 1.97. The van der Waals surface area contributed by atoms with Crippen LogP contribution in [0.15, 0.2) is 48.5 Å². The van der Waals surface area contributed by atoms with Crippen molar-refractivity contribution in [3.05, 3.63) is 64.9 Å². The Morgan fingerprint density at radius 3 is 2.50 bits per heavy atom. The second-order valence-electron chi connectivity index (χ2n) is 5.29. The third kappa shape index (κ3) is 4.29. The van der Waals surface area contributed by atoms with E-state index in [1.54, 1.807) is 0 Å². The molecule has 0 fully saturated rings. The minimum atomic E-state index is -0.430. The van der Waals surface area contributed by atoms with Crippen LogP contribution in [0.1, 0.15) is 25.5 Å². The molecule has 0 saturated heterocycles. The van der Waals surface area contributed by atoms with Crippen molar-refractivity contribution in [1.82, 2.24) is 0 Å². The summed E-state index contributed by atoms with van der Waals surface area (Å²) in [6.07, 6.45) is 0. The number of amides is 1. The summed E-state index contributed by atoms with van der Waals surface area (Å²) in [5, 5.41) is 4.89. The molecule has 1 amide bonds. The Kier molecular flexibility index (Phi) is 5.52. The molecule has 3 N–H and O–H groups in total. The van der Waals surface area contributed by atoms with Gasteiger partial charge in [0.2, 0.25) is 0 Å². The highest BCUT2D eigenvalue weighted by Gasteiger charge is 2.21. The second-order valence-corrected chi connectivity index (χ2v) is 5.70. The van der Waals surface area contributed by atoms with Gasteiger partial charge in [0.25, 0.3) is 5.91 Å². The molecule has 5 heteroatoms. The lowest BCUT2D eigenvalue weighted by atomic mass is 10.1. The fourth-order valence-electron chi connectivity index (χ4n) is 2.23. The smallest absolute Gasteiger partial charge is 0.282 e. The fraction of sp³-hybridized carbons (Fsp3) is 0.235. The van der Waals surface area contributed by atoms with E-state index in [2.05, 4.69) is 5.32 Å². The Morgan fingerprint density at radius 2 is 1.86 bits per heavy atom. The van der Waals surface area contributed by atoms with Crippen molar-refractivity contribution >= 4 is 23.2 Å². The Labute approximate surface area is 134 Å². The minimum Gasteiger partial charge on any atom is -0.330 e. The molecule has 0 aromatic heterocycles. The lowest BCUT2D eigenvalue weighted by Crippen LogP contribution is -2.91. The number of benzene rings is 2. The average molecular weight is 322 g/mol. The van der Waals surface area contributed by atoms with E-state index in [4.69, 9.17) is 11.6 Å². The van der Waals surface area contributed by atoms with E-state index in [0.717, 1.165) is 5.56 Å². The molecular formula is C17H19ClFN2O+. The van der Waals surface area contributed by atoms with Crippen LogP contribution in [0.3, 0.4) is 0 Å². The normalized spacial score (nSPS) is 13.5. The monoisotopic (exact) mass is 321 g/mol. The first kappa shape index (κ1) is 16.5. The van der Waals surface area contributed by atoms with Crippen molar-refractivity contribution in [1.29, 1.82) is 0 Å². The van der Waals surface area contributed by atoms with E-state index >= 15 is 0 Å².